The van der Waals surface area contributed by atoms with Crippen molar-refractivity contribution in [3.63, 3.8) is 0 Å². The molecular formula is C14H15N5S2. The van der Waals surface area contributed by atoms with Crippen molar-refractivity contribution in [2.24, 2.45) is 7.05 Å². The van der Waals surface area contributed by atoms with E-state index in [4.69, 9.17) is 0 Å². The molecule has 3 rings (SSSR count). The molecule has 0 aliphatic heterocycles. The molecule has 0 aromatic carbocycles. The molecule has 0 spiro atoms. The van der Waals surface area contributed by atoms with Gasteiger partial charge in [-0.25, -0.2) is 0 Å². The van der Waals surface area contributed by atoms with E-state index in [1.165, 1.54) is 5.56 Å². The Labute approximate surface area is 131 Å². The molecule has 0 radical (unpaired) electrons. The standard InChI is InChI=1S/C14H15N5S2/c1-3-6-19-13(12-5-4-7-20-12)16-17-14(19)21-10-11-8-15-18(2)9-11/h3-5,7-9H,1,6,10H2,2H3. The number of thioether (sulfide) groups is 1. The summed E-state index contributed by atoms with van der Waals surface area (Å²) in [5, 5.41) is 15.8. The minimum atomic E-state index is 0.704. The zero-order valence-electron chi connectivity index (χ0n) is 11.6. The Balaban J connectivity index is 1.83. The third-order valence-corrected chi connectivity index (χ3v) is 4.80. The van der Waals surface area contributed by atoms with Crippen molar-refractivity contribution >= 4 is 23.1 Å². The molecule has 0 unspecified atom stereocenters. The van der Waals surface area contributed by atoms with Crippen LogP contribution in [0.3, 0.4) is 0 Å². The third kappa shape index (κ3) is 3.08. The minimum absolute atomic E-state index is 0.704. The van der Waals surface area contributed by atoms with E-state index in [1.54, 1.807) is 27.8 Å². The molecule has 7 heteroatoms. The highest BCUT2D eigenvalue weighted by molar-refractivity contribution is 7.98. The quantitative estimate of drug-likeness (QED) is 0.517. The number of aryl methyl sites for hydroxylation is 1. The van der Waals surface area contributed by atoms with E-state index in [0.29, 0.717) is 6.54 Å². The molecule has 0 atom stereocenters. The summed E-state index contributed by atoms with van der Waals surface area (Å²) in [6.07, 6.45) is 5.76. The fourth-order valence-corrected chi connectivity index (χ4v) is 3.55. The first-order valence-electron chi connectivity index (χ1n) is 6.46. The van der Waals surface area contributed by atoms with Crippen molar-refractivity contribution in [3.05, 3.63) is 48.1 Å². The van der Waals surface area contributed by atoms with Crippen molar-refractivity contribution in [1.29, 1.82) is 0 Å². The second kappa shape index (κ2) is 6.28. The lowest BCUT2D eigenvalue weighted by molar-refractivity contribution is 0.732. The SMILES string of the molecule is C=CCn1c(SCc2cnn(C)c2)nnc1-c1cccs1. The molecule has 3 heterocycles. The Hall–Kier alpha value is -1.86. The molecule has 3 aromatic rings. The Morgan fingerprint density at radius 2 is 2.33 bits per heavy atom. The van der Waals surface area contributed by atoms with E-state index in [-0.39, 0.29) is 0 Å². The zero-order valence-corrected chi connectivity index (χ0v) is 13.3. The predicted molar refractivity (Wildman–Crippen MR) is 86.3 cm³/mol. The van der Waals surface area contributed by atoms with Gasteiger partial charge < -0.3 is 0 Å². The van der Waals surface area contributed by atoms with Gasteiger partial charge in [0.15, 0.2) is 11.0 Å². The molecule has 0 aliphatic carbocycles. The summed E-state index contributed by atoms with van der Waals surface area (Å²) in [6, 6.07) is 4.08. The third-order valence-electron chi connectivity index (χ3n) is 2.90. The van der Waals surface area contributed by atoms with Crippen molar-refractivity contribution in [1.82, 2.24) is 24.5 Å². The molecule has 108 valence electrons. The van der Waals surface area contributed by atoms with Crippen LogP contribution >= 0.6 is 23.1 Å². The van der Waals surface area contributed by atoms with Crippen molar-refractivity contribution in [2.75, 3.05) is 0 Å². The summed E-state index contributed by atoms with van der Waals surface area (Å²) >= 11 is 3.33. The summed E-state index contributed by atoms with van der Waals surface area (Å²) in [4.78, 5) is 1.12. The van der Waals surface area contributed by atoms with Gasteiger partial charge in [-0.05, 0) is 11.4 Å². The second-order valence-electron chi connectivity index (χ2n) is 4.49. The molecular weight excluding hydrogens is 302 g/mol. The summed E-state index contributed by atoms with van der Waals surface area (Å²) in [5.41, 5.74) is 1.17. The van der Waals surface area contributed by atoms with Crippen molar-refractivity contribution in [2.45, 2.75) is 17.5 Å². The van der Waals surface area contributed by atoms with Gasteiger partial charge >= 0.3 is 0 Å². The fraction of sp³-hybridized carbons (Fsp3) is 0.214. The lowest BCUT2D eigenvalue weighted by Gasteiger charge is -2.05. The maximum Gasteiger partial charge on any atom is 0.192 e. The van der Waals surface area contributed by atoms with Gasteiger partial charge in [0.1, 0.15) is 0 Å². The van der Waals surface area contributed by atoms with Gasteiger partial charge in [-0.15, -0.1) is 28.1 Å². The van der Waals surface area contributed by atoms with Crippen molar-refractivity contribution in [3.8, 4) is 10.7 Å². The van der Waals surface area contributed by atoms with Gasteiger partial charge in [-0.1, -0.05) is 23.9 Å². The number of hydrogen-bond donors (Lipinski definition) is 0. The minimum Gasteiger partial charge on any atom is -0.297 e. The van der Waals surface area contributed by atoms with Gasteiger partial charge in [0.2, 0.25) is 0 Å². The van der Waals surface area contributed by atoms with Gasteiger partial charge in [0.05, 0.1) is 11.1 Å². The first kappa shape index (κ1) is 14.1. The van der Waals surface area contributed by atoms with Crippen LogP contribution in [-0.4, -0.2) is 24.5 Å². The molecule has 21 heavy (non-hydrogen) atoms. The Bertz CT molecular complexity index is 726. The van der Waals surface area contributed by atoms with E-state index >= 15 is 0 Å². The summed E-state index contributed by atoms with van der Waals surface area (Å²) in [6.45, 7) is 4.53. The molecule has 0 saturated heterocycles. The maximum absolute atomic E-state index is 4.33. The van der Waals surface area contributed by atoms with E-state index in [9.17, 15) is 0 Å². The van der Waals surface area contributed by atoms with Crippen LogP contribution in [0.1, 0.15) is 5.56 Å². The van der Waals surface area contributed by atoms with Crippen LogP contribution in [-0.2, 0) is 19.3 Å². The van der Waals surface area contributed by atoms with Crippen LogP contribution in [0.15, 0.2) is 47.7 Å². The maximum atomic E-state index is 4.33. The molecule has 3 aromatic heterocycles. The fourth-order valence-electron chi connectivity index (χ4n) is 1.97. The van der Waals surface area contributed by atoms with E-state index < -0.39 is 0 Å². The van der Waals surface area contributed by atoms with E-state index in [1.807, 2.05) is 37.0 Å². The number of hydrogen-bond acceptors (Lipinski definition) is 5. The molecule has 0 bridgehead atoms. The van der Waals surface area contributed by atoms with Crippen LogP contribution < -0.4 is 0 Å². The molecule has 0 amide bonds. The Morgan fingerprint density at radius 3 is 3.00 bits per heavy atom. The van der Waals surface area contributed by atoms with Crippen molar-refractivity contribution < 1.29 is 0 Å². The van der Waals surface area contributed by atoms with Crippen LogP contribution in [0.5, 0.6) is 0 Å². The predicted octanol–water partition coefficient (Wildman–Crippen LogP) is 3.22. The van der Waals surface area contributed by atoms with Gasteiger partial charge in [0, 0.05) is 31.1 Å². The highest BCUT2D eigenvalue weighted by Crippen LogP contribution is 2.28. The normalized spacial score (nSPS) is 10.9. The zero-order chi connectivity index (χ0) is 14.7. The molecule has 0 aliphatic rings. The van der Waals surface area contributed by atoms with Gasteiger partial charge in [0.25, 0.3) is 0 Å². The van der Waals surface area contributed by atoms with Crippen LogP contribution in [0.4, 0.5) is 0 Å². The Morgan fingerprint density at radius 1 is 1.43 bits per heavy atom. The van der Waals surface area contributed by atoms with E-state index in [2.05, 4.69) is 32.5 Å². The smallest absolute Gasteiger partial charge is 0.192 e. The lowest BCUT2D eigenvalue weighted by atomic mass is 10.4. The first-order valence-corrected chi connectivity index (χ1v) is 8.32. The monoisotopic (exact) mass is 317 g/mol. The molecule has 0 fully saturated rings. The highest BCUT2D eigenvalue weighted by Gasteiger charge is 2.14. The number of nitrogens with zero attached hydrogens (tertiary/aromatic N) is 5. The van der Waals surface area contributed by atoms with Gasteiger partial charge in [-0.3, -0.25) is 9.25 Å². The number of rotatable bonds is 6. The molecule has 5 nitrogen and oxygen atoms in total. The van der Waals surface area contributed by atoms with Crippen LogP contribution in [0.25, 0.3) is 10.7 Å². The highest BCUT2D eigenvalue weighted by atomic mass is 32.2. The summed E-state index contributed by atoms with van der Waals surface area (Å²) < 4.78 is 3.90. The first-order chi connectivity index (χ1) is 10.3. The average molecular weight is 317 g/mol. The summed E-state index contributed by atoms with van der Waals surface area (Å²) in [7, 11) is 1.92. The van der Waals surface area contributed by atoms with E-state index in [0.717, 1.165) is 21.6 Å². The Kier molecular flexibility index (Phi) is 4.21. The van der Waals surface area contributed by atoms with Crippen LogP contribution in [0, 0.1) is 0 Å². The number of allylic oxidation sites excluding steroid dienone is 1. The lowest BCUT2D eigenvalue weighted by Crippen LogP contribution is -1.99. The second-order valence-corrected chi connectivity index (χ2v) is 6.38. The number of aromatic nitrogens is 5. The molecule has 0 N–H and O–H groups in total. The summed E-state index contributed by atoms with van der Waals surface area (Å²) in [5.74, 6) is 1.73. The topological polar surface area (TPSA) is 48.5 Å². The number of thiophene rings is 1. The molecule has 0 saturated carbocycles. The largest absolute Gasteiger partial charge is 0.297 e. The average Bonchev–Trinajstić information content (AvgIpc) is 3.18. The van der Waals surface area contributed by atoms with Gasteiger partial charge in [-0.2, -0.15) is 5.10 Å². The van der Waals surface area contributed by atoms with Crippen LogP contribution in [0.2, 0.25) is 0 Å².